The summed E-state index contributed by atoms with van der Waals surface area (Å²) < 4.78 is 21.4. The van der Waals surface area contributed by atoms with Crippen molar-refractivity contribution in [3.63, 3.8) is 0 Å². The Bertz CT molecular complexity index is 252. The van der Waals surface area contributed by atoms with Crippen LogP contribution in [0.3, 0.4) is 0 Å². The lowest BCUT2D eigenvalue weighted by atomic mass is 10.1. The summed E-state index contributed by atoms with van der Waals surface area (Å²) >= 11 is 0. The zero-order chi connectivity index (χ0) is 11.1. The number of aliphatic hydroxyl groups is 1. The zero-order valence-electron chi connectivity index (χ0n) is 8.88. The topological polar surface area (TPSA) is 57.2 Å². The molecule has 0 bridgehead atoms. The molecule has 0 aromatic heterocycles. The van der Waals surface area contributed by atoms with Gasteiger partial charge in [-0.1, -0.05) is 6.58 Å². The van der Waals surface area contributed by atoms with Crippen molar-refractivity contribution in [2.75, 3.05) is 6.61 Å². The van der Waals surface area contributed by atoms with Gasteiger partial charge in [-0.25, -0.2) is 0 Å². The van der Waals surface area contributed by atoms with Gasteiger partial charge in [0.25, 0.3) is 0 Å². The maximum Gasteiger partial charge on any atom is 0.190 e. The first-order valence-electron chi connectivity index (χ1n) is 4.95. The highest BCUT2D eigenvalue weighted by atomic mass is 16.8. The second-order valence-electron chi connectivity index (χ2n) is 4.13. The summed E-state index contributed by atoms with van der Waals surface area (Å²) in [6.45, 7) is 7.25. The maximum absolute atomic E-state index is 9.87. The molecule has 2 heterocycles. The predicted molar refractivity (Wildman–Crippen MR) is 50.9 cm³/mol. The highest BCUT2D eigenvalue weighted by Gasteiger charge is 2.54. The van der Waals surface area contributed by atoms with E-state index >= 15 is 0 Å². The van der Waals surface area contributed by atoms with Gasteiger partial charge in [0.2, 0.25) is 0 Å². The molecular weight excluding hydrogens is 200 g/mol. The predicted octanol–water partition coefficient (Wildman–Crippen LogP) is 0.384. The van der Waals surface area contributed by atoms with Crippen LogP contribution in [0.25, 0.3) is 0 Å². The van der Waals surface area contributed by atoms with Crippen LogP contribution in [0, 0.1) is 0 Å². The maximum atomic E-state index is 9.87. The molecule has 5 heteroatoms. The van der Waals surface area contributed by atoms with Crippen molar-refractivity contribution in [3.05, 3.63) is 12.8 Å². The van der Waals surface area contributed by atoms with E-state index in [-0.39, 0.29) is 6.61 Å². The van der Waals surface area contributed by atoms with Crippen LogP contribution in [0.4, 0.5) is 0 Å². The van der Waals surface area contributed by atoms with Crippen LogP contribution in [-0.2, 0) is 18.9 Å². The third kappa shape index (κ3) is 2.01. The normalized spacial score (nSPS) is 42.6. The van der Waals surface area contributed by atoms with Gasteiger partial charge in [-0.2, -0.15) is 0 Å². The van der Waals surface area contributed by atoms with Crippen molar-refractivity contribution in [2.24, 2.45) is 0 Å². The first-order valence-corrected chi connectivity index (χ1v) is 4.95. The van der Waals surface area contributed by atoms with Crippen LogP contribution in [0.5, 0.6) is 0 Å². The minimum absolute atomic E-state index is 0.255. The van der Waals surface area contributed by atoms with Gasteiger partial charge in [-0.05, 0) is 13.8 Å². The Kier molecular flexibility index (Phi) is 2.72. The summed E-state index contributed by atoms with van der Waals surface area (Å²) in [7, 11) is 0. The number of aliphatic hydroxyl groups excluding tert-OH is 1. The van der Waals surface area contributed by atoms with Gasteiger partial charge in [-0.15, -0.1) is 0 Å². The van der Waals surface area contributed by atoms with Crippen LogP contribution in [0.1, 0.15) is 13.8 Å². The molecule has 0 unspecified atom stereocenters. The Balaban J connectivity index is 1.95. The monoisotopic (exact) mass is 216 g/mol. The average molecular weight is 216 g/mol. The largest absolute Gasteiger partial charge is 0.499 e. The first kappa shape index (κ1) is 10.9. The number of hydrogen-bond acceptors (Lipinski definition) is 5. The summed E-state index contributed by atoms with van der Waals surface area (Å²) in [4.78, 5) is 0. The molecule has 5 nitrogen and oxygen atoms in total. The molecule has 1 N–H and O–H groups in total. The van der Waals surface area contributed by atoms with E-state index in [1.807, 2.05) is 0 Å². The molecular formula is C10H16O5. The SMILES string of the molecule is C=COC[C@H]1O[C@@H]2OC(C)(C)O[C@@H]2[C@H]1O. The Labute approximate surface area is 88.6 Å². The minimum atomic E-state index is -0.725. The molecule has 0 aromatic carbocycles. The van der Waals surface area contributed by atoms with E-state index in [2.05, 4.69) is 6.58 Å². The van der Waals surface area contributed by atoms with E-state index in [0.717, 1.165) is 0 Å². The van der Waals surface area contributed by atoms with Gasteiger partial charge in [-0.3, -0.25) is 0 Å². The van der Waals surface area contributed by atoms with Crippen LogP contribution in [0.15, 0.2) is 12.8 Å². The summed E-state index contributed by atoms with van der Waals surface area (Å²) in [6.07, 6.45) is -0.770. The molecule has 0 saturated carbocycles. The van der Waals surface area contributed by atoms with Crippen molar-refractivity contribution in [3.8, 4) is 0 Å². The van der Waals surface area contributed by atoms with E-state index < -0.39 is 30.4 Å². The number of ether oxygens (including phenoxy) is 4. The summed E-state index contributed by atoms with van der Waals surface area (Å²) in [5, 5.41) is 9.87. The lowest BCUT2D eigenvalue weighted by molar-refractivity contribution is -0.218. The third-order valence-electron chi connectivity index (χ3n) is 2.49. The average Bonchev–Trinajstić information content (AvgIpc) is 2.58. The Morgan fingerprint density at radius 2 is 2.20 bits per heavy atom. The van der Waals surface area contributed by atoms with Crippen molar-refractivity contribution in [2.45, 2.75) is 44.2 Å². The number of fused-ring (bicyclic) bond motifs is 1. The molecule has 0 aromatic rings. The fraction of sp³-hybridized carbons (Fsp3) is 0.800. The molecule has 0 spiro atoms. The summed E-state index contributed by atoms with van der Waals surface area (Å²) in [6, 6.07) is 0. The fourth-order valence-corrected chi connectivity index (χ4v) is 1.86. The smallest absolute Gasteiger partial charge is 0.190 e. The van der Waals surface area contributed by atoms with Crippen molar-refractivity contribution in [1.82, 2.24) is 0 Å². The Morgan fingerprint density at radius 3 is 2.80 bits per heavy atom. The van der Waals surface area contributed by atoms with E-state index in [1.54, 1.807) is 13.8 Å². The van der Waals surface area contributed by atoms with Crippen molar-refractivity contribution >= 4 is 0 Å². The molecule has 4 atom stereocenters. The van der Waals surface area contributed by atoms with E-state index in [9.17, 15) is 5.11 Å². The van der Waals surface area contributed by atoms with Crippen LogP contribution >= 0.6 is 0 Å². The van der Waals surface area contributed by atoms with Gasteiger partial charge in [0.1, 0.15) is 24.9 Å². The minimum Gasteiger partial charge on any atom is -0.499 e. The quantitative estimate of drug-likeness (QED) is 0.691. The van der Waals surface area contributed by atoms with Gasteiger partial charge in [0, 0.05) is 0 Å². The molecule has 2 rings (SSSR count). The molecule has 15 heavy (non-hydrogen) atoms. The van der Waals surface area contributed by atoms with Crippen LogP contribution in [0.2, 0.25) is 0 Å². The molecule has 0 amide bonds. The lowest BCUT2D eigenvalue weighted by Gasteiger charge is -2.22. The van der Waals surface area contributed by atoms with Gasteiger partial charge < -0.3 is 24.1 Å². The van der Waals surface area contributed by atoms with Gasteiger partial charge >= 0.3 is 0 Å². The summed E-state index contributed by atoms with van der Waals surface area (Å²) in [5.41, 5.74) is 0. The van der Waals surface area contributed by atoms with E-state index in [4.69, 9.17) is 18.9 Å². The number of hydrogen-bond donors (Lipinski definition) is 1. The number of rotatable bonds is 3. The second kappa shape index (κ2) is 3.75. The lowest BCUT2D eigenvalue weighted by Crippen LogP contribution is -2.36. The zero-order valence-corrected chi connectivity index (χ0v) is 8.88. The highest BCUT2D eigenvalue weighted by molar-refractivity contribution is 4.92. The third-order valence-corrected chi connectivity index (χ3v) is 2.49. The molecule has 2 aliphatic rings. The first-order chi connectivity index (χ1) is 7.03. The van der Waals surface area contributed by atoms with Crippen LogP contribution in [-0.4, -0.2) is 42.1 Å². The Hall–Kier alpha value is -0.620. The van der Waals surface area contributed by atoms with Crippen LogP contribution < -0.4 is 0 Å². The summed E-state index contributed by atoms with van der Waals surface area (Å²) in [5.74, 6) is -0.694. The molecule has 0 radical (unpaired) electrons. The molecule has 86 valence electrons. The van der Waals surface area contributed by atoms with E-state index in [1.165, 1.54) is 6.26 Å². The second-order valence-corrected chi connectivity index (χ2v) is 4.13. The van der Waals surface area contributed by atoms with Crippen molar-refractivity contribution in [1.29, 1.82) is 0 Å². The molecule has 2 saturated heterocycles. The fourth-order valence-electron chi connectivity index (χ4n) is 1.86. The van der Waals surface area contributed by atoms with Gasteiger partial charge in [0.05, 0.1) is 6.26 Å². The standard InChI is InChI=1S/C10H16O5/c1-4-12-5-6-7(11)8-9(13-6)15-10(2,3)14-8/h4,6-9,11H,1,5H2,2-3H3/t6-,7+,8-,9-/m1/s1. The molecule has 2 fully saturated rings. The Morgan fingerprint density at radius 1 is 1.47 bits per heavy atom. The molecule has 0 aliphatic carbocycles. The molecule has 2 aliphatic heterocycles. The van der Waals surface area contributed by atoms with Gasteiger partial charge in [0.15, 0.2) is 12.1 Å². The van der Waals surface area contributed by atoms with Crippen molar-refractivity contribution < 1.29 is 24.1 Å². The van der Waals surface area contributed by atoms with E-state index in [0.29, 0.717) is 0 Å². The highest BCUT2D eigenvalue weighted by Crippen LogP contribution is 2.37.